The molecule has 0 aliphatic carbocycles. The lowest BCUT2D eigenvalue weighted by Crippen LogP contribution is -1.86. The van der Waals surface area contributed by atoms with E-state index in [1.54, 1.807) is 12.1 Å². The number of ketones is 1. The molecule has 2 heteroatoms. The highest BCUT2D eigenvalue weighted by Crippen LogP contribution is 2.11. The molecule has 14 heavy (non-hydrogen) atoms. The number of carbonyl (C=O) groups excluding carboxylic acids is 1. The fourth-order valence-electron chi connectivity index (χ4n) is 1.01. The van der Waals surface area contributed by atoms with Crippen molar-refractivity contribution in [2.75, 3.05) is 0 Å². The minimum Gasteiger partial charge on any atom is -0.295 e. The van der Waals surface area contributed by atoms with E-state index in [4.69, 9.17) is 6.42 Å². The molecule has 1 rings (SSSR count). The molecular formula is C12H9FO. The standard InChI is InChI=1S/C12H9FO/c1-3-10-8-12(13)7-6-11(10)5-4-9(2)14/h1,4-8H,2H3/b5-4+. The number of carbonyl (C=O) groups is 1. The summed E-state index contributed by atoms with van der Waals surface area (Å²) in [5, 5.41) is 0. The summed E-state index contributed by atoms with van der Waals surface area (Å²) in [6.07, 6.45) is 8.17. The topological polar surface area (TPSA) is 17.1 Å². The Hall–Kier alpha value is -1.88. The van der Waals surface area contributed by atoms with Gasteiger partial charge in [-0.25, -0.2) is 4.39 Å². The van der Waals surface area contributed by atoms with Crippen LogP contribution in [-0.2, 0) is 4.79 Å². The Kier molecular flexibility index (Phi) is 3.19. The zero-order valence-corrected chi connectivity index (χ0v) is 7.75. The fourth-order valence-corrected chi connectivity index (χ4v) is 1.01. The van der Waals surface area contributed by atoms with Crippen LogP contribution in [0.25, 0.3) is 6.08 Å². The smallest absolute Gasteiger partial charge is 0.152 e. The first-order valence-electron chi connectivity index (χ1n) is 4.08. The van der Waals surface area contributed by atoms with E-state index in [1.165, 1.54) is 25.1 Å². The molecule has 0 radical (unpaired) electrons. The first kappa shape index (κ1) is 10.2. The summed E-state index contributed by atoms with van der Waals surface area (Å²) in [6.45, 7) is 1.44. The normalized spacial score (nSPS) is 10.1. The minimum absolute atomic E-state index is 0.0719. The maximum atomic E-state index is 12.7. The Balaban J connectivity index is 3.10. The second kappa shape index (κ2) is 4.38. The molecule has 0 aromatic heterocycles. The zero-order valence-electron chi connectivity index (χ0n) is 7.75. The van der Waals surface area contributed by atoms with Gasteiger partial charge in [0.25, 0.3) is 0 Å². The van der Waals surface area contributed by atoms with Gasteiger partial charge in [0, 0.05) is 5.56 Å². The van der Waals surface area contributed by atoms with Crippen LogP contribution in [0.15, 0.2) is 24.3 Å². The van der Waals surface area contributed by atoms with Crippen molar-refractivity contribution in [3.8, 4) is 12.3 Å². The van der Waals surface area contributed by atoms with Crippen molar-refractivity contribution in [2.45, 2.75) is 6.92 Å². The lowest BCUT2D eigenvalue weighted by atomic mass is 10.1. The van der Waals surface area contributed by atoms with Crippen LogP contribution < -0.4 is 0 Å². The van der Waals surface area contributed by atoms with Crippen molar-refractivity contribution in [3.05, 3.63) is 41.2 Å². The lowest BCUT2D eigenvalue weighted by Gasteiger charge is -1.97. The van der Waals surface area contributed by atoms with Gasteiger partial charge in [-0.15, -0.1) is 6.42 Å². The molecule has 1 nitrogen and oxygen atoms in total. The van der Waals surface area contributed by atoms with Gasteiger partial charge in [0.2, 0.25) is 0 Å². The van der Waals surface area contributed by atoms with Crippen molar-refractivity contribution < 1.29 is 9.18 Å². The van der Waals surface area contributed by atoms with Gasteiger partial charge in [0.05, 0.1) is 0 Å². The molecule has 0 saturated carbocycles. The van der Waals surface area contributed by atoms with Gasteiger partial charge in [-0.1, -0.05) is 18.1 Å². The Labute approximate surface area is 82.3 Å². The van der Waals surface area contributed by atoms with E-state index in [-0.39, 0.29) is 11.6 Å². The third-order valence-corrected chi connectivity index (χ3v) is 1.67. The van der Waals surface area contributed by atoms with Crippen LogP contribution in [0.1, 0.15) is 18.1 Å². The summed E-state index contributed by atoms with van der Waals surface area (Å²) in [7, 11) is 0. The largest absolute Gasteiger partial charge is 0.295 e. The van der Waals surface area contributed by atoms with E-state index >= 15 is 0 Å². The van der Waals surface area contributed by atoms with Crippen molar-refractivity contribution >= 4 is 11.9 Å². The minimum atomic E-state index is -0.377. The summed E-state index contributed by atoms with van der Waals surface area (Å²) >= 11 is 0. The third-order valence-electron chi connectivity index (χ3n) is 1.67. The molecule has 0 aliphatic heterocycles. The molecule has 0 unspecified atom stereocenters. The van der Waals surface area contributed by atoms with Crippen LogP contribution in [0.2, 0.25) is 0 Å². The van der Waals surface area contributed by atoms with Gasteiger partial charge in [0.1, 0.15) is 5.82 Å². The fraction of sp³-hybridized carbons (Fsp3) is 0.0833. The Morgan fingerprint density at radius 2 is 2.29 bits per heavy atom. The van der Waals surface area contributed by atoms with Crippen molar-refractivity contribution in [1.29, 1.82) is 0 Å². The van der Waals surface area contributed by atoms with Crippen LogP contribution in [0.5, 0.6) is 0 Å². The molecule has 0 N–H and O–H groups in total. The SMILES string of the molecule is C#Cc1cc(F)ccc1/C=C/C(C)=O. The molecule has 0 spiro atoms. The maximum absolute atomic E-state index is 12.7. The number of benzene rings is 1. The summed E-state index contributed by atoms with van der Waals surface area (Å²) < 4.78 is 12.7. The van der Waals surface area contributed by atoms with E-state index in [0.717, 1.165) is 0 Å². The summed E-state index contributed by atoms with van der Waals surface area (Å²) in [5.41, 5.74) is 1.12. The first-order chi connectivity index (χ1) is 6.63. The number of halogens is 1. The predicted octanol–water partition coefficient (Wildman–Crippen LogP) is 2.41. The Bertz CT molecular complexity index is 424. The van der Waals surface area contributed by atoms with Gasteiger partial charge < -0.3 is 0 Å². The van der Waals surface area contributed by atoms with Crippen molar-refractivity contribution in [3.63, 3.8) is 0 Å². The molecule has 0 atom stereocenters. The predicted molar refractivity (Wildman–Crippen MR) is 54.1 cm³/mol. The number of hydrogen-bond donors (Lipinski definition) is 0. The van der Waals surface area contributed by atoms with Gasteiger partial charge in [-0.2, -0.15) is 0 Å². The second-order valence-corrected chi connectivity index (χ2v) is 2.82. The monoisotopic (exact) mass is 188 g/mol. The molecule has 70 valence electrons. The average molecular weight is 188 g/mol. The van der Waals surface area contributed by atoms with Gasteiger partial charge >= 0.3 is 0 Å². The number of rotatable bonds is 2. The van der Waals surface area contributed by atoms with Crippen LogP contribution in [0.3, 0.4) is 0 Å². The number of allylic oxidation sites excluding steroid dienone is 1. The van der Waals surface area contributed by atoms with Crippen molar-refractivity contribution in [1.82, 2.24) is 0 Å². The highest BCUT2D eigenvalue weighted by molar-refractivity contribution is 5.91. The molecule has 0 bridgehead atoms. The van der Waals surface area contributed by atoms with Crippen LogP contribution >= 0.6 is 0 Å². The highest BCUT2D eigenvalue weighted by atomic mass is 19.1. The van der Waals surface area contributed by atoms with Gasteiger partial charge in [-0.3, -0.25) is 4.79 Å². The molecule has 0 aliphatic rings. The molecule has 0 heterocycles. The van der Waals surface area contributed by atoms with Crippen molar-refractivity contribution in [2.24, 2.45) is 0 Å². The Morgan fingerprint density at radius 3 is 2.86 bits per heavy atom. The first-order valence-corrected chi connectivity index (χ1v) is 4.08. The molecule has 1 aromatic rings. The van der Waals surface area contributed by atoms with E-state index in [2.05, 4.69) is 5.92 Å². The number of hydrogen-bond acceptors (Lipinski definition) is 1. The van der Waals surface area contributed by atoms with Gasteiger partial charge in [-0.05, 0) is 30.7 Å². The summed E-state index contributed by atoms with van der Waals surface area (Å²) in [6, 6.07) is 4.12. The molecule has 1 aromatic carbocycles. The van der Waals surface area contributed by atoms with Crippen LogP contribution in [-0.4, -0.2) is 5.78 Å². The molecule has 0 fully saturated rings. The van der Waals surface area contributed by atoms with Crippen LogP contribution in [0.4, 0.5) is 4.39 Å². The molecule has 0 amide bonds. The summed E-state index contributed by atoms with van der Waals surface area (Å²) in [4.78, 5) is 10.7. The van der Waals surface area contributed by atoms with E-state index in [9.17, 15) is 9.18 Å². The average Bonchev–Trinajstić information content (AvgIpc) is 2.15. The lowest BCUT2D eigenvalue weighted by molar-refractivity contribution is -0.112. The molecular weight excluding hydrogens is 179 g/mol. The zero-order chi connectivity index (χ0) is 10.6. The molecule has 0 saturated heterocycles. The van der Waals surface area contributed by atoms with E-state index in [0.29, 0.717) is 11.1 Å². The van der Waals surface area contributed by atoms with Crippen LogP contribution in [0, 0.1) is 18.2 Å². The number of terminal acetylenes is 1. The van der Waals surface area contributed by atoms with E-state index in [1.807, 2.05) is 0 Å². The quantitative estimate of drug-likeness (QED) is 0.514. The summed E-state index contributed by atoms with van der Waals surface area (Å²) in [5.74, 6) is 1.91. The Morgan fingerprint density at radius 1 is 1.57 bits per heavy atom. The maximum Gasteiger partial charge on any atom is 0.152 e. The van der Waals surface area contributed by atoms with E-state index < -0.39 is 0 Å². The third kappa shape index (κ3) is 2.56. The van der Waals surface area contributed by atoms with Gasteiger partial charge in [0.15, 0.2) is 5.78 Å². The second-order valence-electron chi connectivity index (χ2n) is 2.82. The highest BCUT2D eigenvalue weighted by Gasteiger charge is 1.98.